The van der Waals surface area contributed by atoms with Gasteiger partial charge in [0, 0.05) is 19.1 Å². The summed E-state index contributed by atoms with van der Waals surface area (Å²) in [5.74, 6) is 0. The van der Waals surface area contributed by atoms with Crippen LogP contribution in [-0.2, 0) is 0 Å². The number of aryl methyl sites for hydroxylation is 1. The first-order chi connectivity index (χ1) is 10.0. The van der Waals surface area contributed by atoms with E-state index in [4.69, 9.17) is 0 Å². The zero-order valence-corrected chi connectivity index (χ0v) is 14.5. The van der Waals surface area contributed by atoms with Gasteiger partial charge in [0.2, 0.25) is 0 Å². The predicted octanol–water partition coefficient (Wildman–Crippen LogP) is 2.92. The number of likely N-dealkylation sites (N-methyl/N-ethyl adjacent to an activating group) is 2. The third kappa shape index (κ3) is 7.60. The molecule has 0 aromatic heterocycles. The Morgan fingerprint density at radius 2 is 1.67 bits per heavy atom. The van der Waals surface area contributed by atoms with Gasteiger partial charge in [0.05, 0.1) is 0 Å². The normalized spacial score (nSPS) is 13.1. The van der Waals surface area contributed by atoms with Crippen LogP contribution in [0.2, 0.25) is 0 Å². The second kappa shape index (κ2) is 9.93. The van der Waals surface area contributed by atoms with Crippen molar-refractivity contribution in [2.45, 2.75) is 32.7 Å². The van der Waals surface area contributed by atoms with E-state index < -0.39 is 0 Å². The molecule has 0 radical (unpaired) electrons. The minimum atomic E-state index is 0.465. The van der Waals surface area contributed by atoms with Crippen molar-refractivity contribution in [2.24, 2.45) is 0 Å². The van der Waals surface area contributed by atoms with E-state index in [1.165, 1.54) is 17.5 Å². The Labute approximate surface area is 131 Å². The van der Waals surface area contributed by atoms with Gasteiger partial charge in [-0.05, 0) is 59.6 Å². The first-order valence-corrected chi connectivity index (χ1v) is 8.16. The first kappa shape index (κ1) is 18.1. The molecule has 1 atom stereocenters. The molecule has 0 amide bonds. The highest BCUT2D eigenvalue weighted by atomic mass is 15.1. The van der Waals surface area contributed by atoms with E-state index in [0.717, 1.165) is 32.6 Å². The number of nitrogens with zero attached hydrogens (tertiary/aromatic N) is 2. The lowest BCUT2D eigenvalue weighted by Gasteiger charge is -2.24. The molecule has 1 unspecified atom stereocenters. The van der Waals surface area contributed by atoms with Crippen LogP contribution >= 0.6 is 0 Å². The third-order valence-electron chi connectivity index (χ3n) is 3.85. The Hall–Kier alpha value is -0.900. The molecule has 0 heterocycles. The molecule has 0 aliphatic heterocycles. The maximum absolute atomic E-state index is 3.69. The Kier molecular flexibility index (Phi) is 8.58. The van der Waals surface area contributed by atoms with Crippen LogP contribution in [0.4, 0.5) is 0 Å². The van der Waals surface area contributed by atoms with E-state index >= 15 is 0 Å². The van der Waals surface area contributed by atoms with Crippen molar-refractivity contribution in [3.63, 3.8) is 0 Å². The summed E-state index contributed by atoms with van der Waals surface area (Å²) in [5, 5.41) is 3.69. The van der Waals surface area contributed by atoms with Crippen LogP contribution < -0.4 is 5.32 Å². The molecule has 1 rings (SSSR count). The van der Waals surface area contributed by atoms with Gasteiger partial charge in [0.25, 0.3) is 0 Å². The van der Waals surface area contributed by atoms with Gasteiger partial charge in [0.15, 0.2) is 0 Å². The monoisotopic (exact) mass is 291 g/mol. The summed E-state index contributed by atoms with van der Waals surface area (Å²) in [6.07, 6.45) is 2.34. The van der Waals surface area contributed by atoms with Crippen molar-refractivity contribution in [3.8, 4) is 0 Å². The van der Waals surface area contributed by atoms with Crippen LogP contribution in [0.1, 0.15) is 36.9 Å². The summed E-state index contributed by atoms with van der Waals surface area (Å²) in [6.45, 7) is 8.83. The van der Waals surface area contributed by atoms with Gasteiger partial charge in [-0.25, -0.2) is 0 Å². The van der Waals surface area contributed by atoms with Crippen molar-refractivity contribution in [1.82, 2.24) is 15.1 Å². The molecule has 3 heteroatoms. The Morgan fingerprint density at radius 3 is 2.24 bits per heavy atom. The number of rotatable bonds is 10. The SMILES string of the molecule is CCCNC(CCN(C)CCN(C)C)c1ccc(C)cc1. The highest BCUT2D eigenvalue weighted by molar-refractivity contribution is 5.24. The summed E-state index contributed by atoms with van der Waals surface area (Å²) in [7, 11) is 6.48. The summed E-state index contributed by atoms with van der Waals surface area (Å²) in [4.78, 5) is 4.66. The van der Waals surface area contributed by atoms with Gasteiger partial charge < -0.3 is 15.1 Å². The van der Waals surface area contributed by atoms with Gasteiger partial charge in [-0.2, -0.15) is 0 Å². The van der Waals surface area contributed by atoms with Crippen LogP contribution in [0.5, 0.6) is 0 Å². The molecular formula is C18H33N3. The van der Waals surface area contributed by atoms with Crippen molar-refractivity contribution in [1.29, 1.82) is 0 Å². The van der Waals surface area contributed by atoms with E-state index in [1.54, 1.807) is 0 Å². The average molecular weight is 291 g/mol. The molecule has 0 fully saturated rings. The van der Waals surface area contributed by atoms with Crippen LogP contribution in [0, 0.1) is 6.92 Å². The Bertz CT molecular complexity index is 373. The quantitative estimate of drug-likeness (QED) is 0.715. The van der Waals surface area contributed by atoms with Gasteiger partial charge in [-0.3, -0.25) is 0 Å². The van der Waals surface area contributed by atoms with Crippen molar-refractivity contribution in [2.75, 3.05) is 47.3 Å². The fourth-order valence-corrected chi connectivity index (χ4v) is 2.34. The lowest BCUT2D eigenvalue weighted by molar-refractivity contribution is 0.268. The van der Waals surface area contributed by atoms with Crippen molar-refractivity contribution in [3.05, 3.63) is 35.4 Å². The number of hydrogen-bond donors (Lipinski definition) is 1. The highest BCUT2D eigenvalue weighted by Crippen LogP contribution is 2.18. The zero-order chi connectivity index (χ0) is 15.7. The lowest BCUT2D eigenvalue weighted by Crippen LogP contribution is -2.32. The zero-order valence-electron chi connectivity index (χ0n) is 14.5. The molecule has 1 aromatic carbocycles. The molecule has 0 bridgehead atoms. The number of hydrogen-bond acceptors (Lipinski definition) is 3. The molecular weight excluding hydrogens is 258 g/mol. The Balaban J connectivity index is 2.51. The first-order valence-electron chi connectivity index (χ1n) is 8.16. The lowest BCUT2D eigenvalue weighted by atomic mass is 10.0. The Morgan fingerprint density at radius 1 is 1.00 bits per heavy atom. The largest absolute Gasteiger partial charge is 0.310 e. The molecule has 120 valence electrons. The number of nitrogens with one attached hydrogen (secondary N) is 1. The third-order valence-corrected chi connectivity index (χ3v) is 3.85. The van der Waals surface area contributed by atoms with Crippen LogP contribution in [0.3, 0.4) is 0 Å². The molecule has 0 aliphatic carbocycles. The summed E-state index contributed by atoms with van der Waals surface area (Å²) in [6, 6.07) is 9.43. The minimum absolute atomic E-state index is 0.465. The summed E-state index contributed by atoms with van der Waals surface area (Å²) < 4.78 is 0. The molecule has 21 heavy (non-hydrogen) atoms. The van der Waals surface area contributed by atoms with E-state index in [1.807, 2.05) is 0 Å². The average Bonchev–Trinajstić information content (AvgIpc) is 2.46. The molecule has 0 aliphatic rings. The molecule has 0 saturated heterocycles. The molecule has 0 saturated carbocycles. The smallest absolute Gasteiger partial charge is 0.0332 e. The fourth-order valence-electron chi connectivity index (χ4n) is 2.34. The van der Waals surface area contributed by atoms with E-state index in [-0.39, 0.29) is 0 Å². The van der Waals surface area contributed by atoms with Crippen LogP contribution in [0.15, 0.2) is 24.3 Å². The standard InChI is InChI=1S/C18H33N3/c1-6-12-19-18(17-9-7-16(2)8-10-17)11-13-21(5)15-14-20(3)4/h7-10,18-19H,6,11-15H2,1-5H3. The predicted molar refractivity (Wildman–Crippen MR) is 92.9 cm³/mol. The molecule has 0 spiro atoms. The molecule has 3 nitrogen and oxygen atoms in total. The van der Waals surface area contributed by atoms with Gasteiger partial charge in [-0.1, -0.05) is 36.8 Å². The topological polar surface area (TPSA) is 18.5 Å². The van der Waals surface area contributed by atoms with E-state index in [9.17, 15) is 0 Å². The summed E-state index contributed by atoms with van der Waals surface area (Å²) >= 11 is 0. The highest BCUT2D eigenvalue weighted by Gasteiger charge is 2.11. The van der Waals surface area contributed by atoms with Gasteiger partial charge >= 0.3 is 0 Å². The van der Waals surface area contributed by atoms with Gasteiger partial charge in [0.1, 0.15) is 0 Å². The second-order valence-corrected chi connectivity index (χ2v) is 6.31. The van der Waals surface area contributed by atoms with Crippen molar-refractivity contribution >= 4 is 0 Å². The van der Waals surface area contributed by atoms with E-state index in [0.29, 0.717) is 6.04 Å². The maximum Gasteiger partial charge on any atom is 0.0332 e. The van der Waals surface area contributed by atoms with Crippen LogP contribution in [-0.4, -0.2) is 57.1 Å². The minimum Gasteiger partial charge on any atom is -0.310 e. The van der Waals surface area contributed by atoms with Crippen LogP contribution in [0.25, 0.3) is 0 Å². The van der Waals surface area contributed by atoms with E-state index in [2.05, 4.69) is 74.4 Å². The fraction of sp³-hybridized carbons (Fsp3) is 0.667. The van der Waals surface area contributed by atoms with Crippen molar-refractivity contribution < 1.29 is 0 Å². The molecule has 1 N–H and O–H groups in total. The van der Waals surface area contributed by atoms with Gasteiger partial charge in [-0.15, -0.1) is 0 Å². The number of benzene rings is 1. The summed E-state index contributed by atoms with van der Waals surface area (Å²) in [5.41, 5.74) is 2.74. The maximum atomic E-state index is 3.69. The molecule has 1 aromatic rings. The second-order valence-electron chi connectivity index (χ2n) is 6.31.